The summed E-state index contributed by atoms with van der Waals surface area (Å²) in [5.41, 5.74) is 0. The van der Waals surface area contributed by atoms with Crippen LogP contribution in [0.4, 0.5) is 0 Å². The van der Waals surface area contributed by atoms with Gasteiger partial charge in [0.15, 0.2) is 12.6 Å². The first-order valence-corrected chi connectivity index (χ1v) is 7.57. The second-order valence-corrected chi connectivity index (χ2v) is 4.80. The zero-order valence-corrected chi connectivity index (χ0v) is 12.5. The molecule has 0 atom stereocenters. The van der Waals surface area contributed by atoms with E-state index in [0.29, 0.717) is 25.7 Å². The zero-order chi connectivity index (χ0) is 15.2. The third-order valence-electron chi connectivity index (χ3n) is 3.03. The predicted octanol–water partition coefficient (Wildman–Crippen LogP) is 2.50. The first-order chi connectivity index (χ1) is 10.4. The molecular weight excluding hydrogens is 272 g/mol. The molecule has 2 heterocycles. The Balaban J connectivity index is 0.000000211. The van der Waals surface area contributed by atoms with Crippen molar-refractivity contribution in [3.05, 3.63) is 0 Å². The molecule has 21 heavy (non-hydrogen) atoms. The third kappa shape index (κ3) is 9.38. The van der Waals surface area contributed by atoms with Gasteiger partial charge >= 0.3 is 0 Å². The normalized spacial score (nSPS) is 20.5. The number of ether oxygens (including phenoxy) is 4. The van der Waals surface area contributed by atoms with Crippen LogP contribution in [0.15, 0.2) is 0 Å². The number of rotatable bonds is 4. The van der Waals surface area contributed by atoms with Crippen LogP contribution >= 0.6 is 0 Å². The molecule has 0 aromatic rings. The Bertz CT molecular complexity index is 324. The summed E-state index contributed by atoms with van der Waals surface area (Å²) in [5, 5.41) is 16.5. The van der Waals surface area contributed by atoms with Gasteiger partial charge in [0.25, 0.3) is 0 Å². The van der Waals surface area contributed by atoms with Gasteiger partial charge in [-0.2, -0.15) is 10.5 Å². The molecule has 0 unspecified atom stereocenters. The van der Waals surface area contributed by atoms with Crippen molar-refractivity contribution in [2.45, 2.75) is 57.5 Å². The van der Waals surface area contributed by atoms with Crippen LogP contribution in [0.25, 0.3) is 0 Å². The quantitative estimate of drug-likeness (QED) is 0.792. The van der Waals surface area contributed by atoms with Crippen molar-refractivity contribution in [1.29, 1.82) is 10.5 Å². The fraction of sp³-hybridized carbons (Fsp3) is 0.867. The fourth-order valence-corrected chi connectivity index (χ4v) is 1.92. The Labute approximate surface area is 126 Å². The number of hydrogen-bond acceptors (Lipinski definition) is 6. The highest BCUT2D eigenvalue weighted by atomic mass is 16.7. The molecule has 2 saturated heterocycles. The molecule has 6 heteroatoms. The lowest BCUT2D eigenvalue weighted by atomic mass is 10.3. The smallest absolute Gasteiger partial charge is 0.158 e. The van der Waals surface area contributed by atoms with E-state index in [1.54, 1.807) is 0 Å². The lowest BCUT2D eigenvalue weighted by Gasteiger charge is -2.21. The predicted molar refractivity (Wildman–Crippen MR) is 74.9 cm³/mol. The molecule has 0 radical (unpaired) electrons. The van der Waals surface area contributed by atoms with Gasteiger partial charge in [-0.25, -0.2) is 0 Å². The van der Waals surface area contributed by atoms with Crippen LogP contribution in [0.3, 0.4) is 0 Å². The Kier molecular flexibility index (Phi) is 10.7. The molecule has 0 amide bonds. The number of hydrogen-bond donors (Lipinski definition) is 0. The molecule has 2 fully saturated rings. The molecule has 2 rings (SSSR count). The molecule has 2 aliphatic rings. The summed E-state index contributed by atoms with van der Waals surface area (Å²) in [6.45, 7) is 3.10. The van der Waals surface area contributed by atoms with Gasteiger partial charge in [-0.3, -0.25) is 0 Å². The van der Waals surface area contributed by atoms with Crippen molar-refractivity contribution in [1.82, 2.24) is 0 Å². The average Bonchev–Trinajstić information content (AvgIpc) is 2.81. The van der Waals surface area contributed by atoms with Crippen LogP contribution in [0, 0.1) is 22.7 Å². The van der Waals surface area contributed by atoms with Gasteiger partial charge in [-0.05, 0) is 19.3 Å². The van der Waals surface area contributed by atoms with Gasteiger partial charge < -0.3 is 18.9 Å². The van der Waals surface area contributed by atoms with E-state index in [1.807, 2.05) is 0 Å². The van der Waals surface area contributed by atoms with E-state index >= 15 is 0 Å². The van der Waals surface area contributed by atoms with Gasteiger partial charge in [-0.1, -0.05) is 0 Å². The molecule has 0 N–H and O–H groups in total. The number of nitriles is 2. The van der Waals surface area contributed by atoms with Crippen molar-refractivity contribution < 1.29 is 18.9 Å². The van der Waals surface area contributed by atoms with E-state index in [-0.39, 0.29) is 12.6 Å². The molecule has 0 bridgehead atoms. The van der Waals surface area contributed by atoms with Gasteiger partial charge in [-0.15, -0.1) is 0 Å². The second-order valence-electron chi connectivity index (χ2n) is 4.80. The zero-order valence-electron chi connectivity index (χ0n) is 12.5. The van der Waals surface area contributed by atoms with Crippen molar-refractivity contribution in [2.75, 3.05) is 26.4 Å². The Morgan fingerprint density at radius 2 is 1.05 bits per heavy atom. The highest BCUT2D eigenvalue weighted by molar-refractivity contribution is 4.70. The van der Waals surface area contributed by atoms with E-state index in [9.17, 15) is 0 Å². The Morgan fingerprint density at radius 3 is 1.43 bits per heavy atom. The SMILES string of the molecule is N#CCCC1OCCCCO1.N#CCCC1OCCCO1. The van der Waals surface area contributed by atoms with E-state index in [1.165, 1.54) is 0 Å². The average molecular weight is 296 g/mol. The van der Waals surface area contributed by atoms with Gasteiger partial charge in [0.1, 0.15) is 0 Å². The molecule has 0 aromatic carbocycles. The highest BCUT2D eigenvalue weighted by Gasteiger charge is 2.12. The largest absolute Gasteiger partial charge is 0.353 e. The maximum atomic E-state index is 8.31. The first kappa shape index (κ1) is 17.9. The maximum absolute atomic E-state index is 8.31. The van der Waals surface area contributed by atoms with Gasteiger partial charge in [0.05, 0.1) is 25.4 Å². The standard InChI is InChI=1S/C8H13NO2.C7H11NO2/c9-5-3-4-8-10-6-1-2-7-11-8;8-4-1-3-7-9-5-2-6-10-7/h8H,1-4,6-7H2;7H,1-3,5-6H2. The number of nitrogens with zero attached hydrogens (tertiary/aromatic N) is 2. The second kappa shape index (κ2) is 12.6. The third-order valence-corrected chi connectivity index (χ3v) is 3.03. The maximum Gasteiger partial charge on any atom is 0.158 e. The Morgan fingerprint density at radius 1 is 0.667 bits per heavy atom. The van der Waals surface area contributed by atoms with E-state index in [2.05, 4.69) is 12.1 Å². The van der Waals surface area contributed by atoms with Crippen LogP contribution in [0.1, 0.15) is 44.9 Å². The minimum Gasteiger partial charge on any atom is -0.353 e. The molecule has 0 aromatic heterocycles. The Hall–Kier alpha value is -1.18. The summed E-state index contributed by atoms with van der Waals surface area (Å²) in [7, 11) is 0. The van der Waals surface area contributed by atoms with E-state index < -0.39 is 0 Å². The molecular formula is C15H24N2O4. The van der Waals surface area contributed by atoms with Crippen molar-refractivity contribution in [3.8, 4) is 12.1 Å². The first-order valence-electron chi connectivity index (χ1n) is 7.57. The minimum absolute atomic E-state index is 0.117. The van der Waals surface area contributed by atoms with Gasteiger partial charge in [0.2, 0.25) is 0 Å². The summed E-state index contributed by atoms with van der Waals surface area (Å²) in [4.78, 5) is 0. The fourth-order valence-electron chi connectivity index (χ4n) is 1.92. The van der Waals surface area contributed by atoms with Crippen molar-refractivity contribution >= 4 is 0 Å². The van der Waals surface area contributed by atoms with Gasteiger partial charge in [0, 0.05) is 38.9 Å². The molecule has 0 aliphatic carbocycles. The molecule has 0 saturated carbocycles. The summed E-state index contributed by atoms with van der Waals surface area (Å²) in [6.07, 6.45) is 5.32. The minimum atomic E-state index is -0.128. The van der Waals surface area contributed by atoms with E-state index in [0.717, 1.165) is 45.7 Å². The van der Waals surface area contributed by atoms with Crippen LogP contribution in [-0.4, -0.2) is 39.0 Å². The monoisotopic (exact) mass is 296 g/mol. The topological polar surface area (TPSA) is 84.5 Å². The summed E-state index contributed by atoms with van der Waals surface area (Å²) in [6, 6.07) is 4.13. The van der Waals surface area contributed by atoms with Crippen molar-refractivity contribution in [3.63, 3.8) is 0 Å². The lowest BCUT2D eigenvalue weighted by Crippen LogP contribution is -2.24. The summed E-state index contributed by atoms with van der Waals surface area (Å²) in [5.74, 6) is 0. The van der Waals surface area contributed by atoms with Crippen LogP contribution in [-0.2, 0) is 18.9 Å². The summed E-state index contributed by atoms with van der Waals surface area (Å²) < 4.78 is 21.1. The van der Waals surface area contributed by atoms with Crippen molar-refractivity contribution in [2.24, 2.45) is 0 Å². The molecule has 118 valence electrons. The molecule has 2 aliphatic heterocycles. The summed E-state index contributed by atoms with van der Waals surface area (Å²) >= 11 is 0. The lowest BCUT2D eigenvalue weighted by molar-refractivity contribution is -0.180. The van der Waals surface area contributed by atoms with E-state index in [4.69, 9.17) is 29.5 Å². The highest BCUT2D eigenvalue weighted by Crippen LogP contribution is 2.10. The van der Waals surface area contributed by atoms with Crippen LogP contribution in [0.2, 0.25) is 0 Å². The molecule has 0 spiro atoms. The molecule has 6 nitrogen and oxygen atoms in total. The van der Waals surface area contributed by atoms with Crippen LogP contribution in [0.5, 0.6) is 0 Å². The van der Waals surface area contributed by atoms with Crippen LogP contribution < -0.4 is 0 Å².